The molecule has 7 heteroatoms. The first-order valence-electron chi connectivity index (χ1n) is 7.31. The molecule has 0 unspecified atom stereocenters. The van der Waals surface area contributed by atoms with E-state index >= 15 is 0 Å². The normalized spacial score (nSPS) is 11.3. The van der Waals surface area contributed by atoms with E-state index < -0.39 is 10.0 Å². The first-order chi connectivity index (χ1) is 11.3. The summed E-state index contributed by atoms with van der Waals surface area (Å²) < 4.78 is 31.1. The molecule has 0 fully saturated rings. The Morgan fingerprint density at radius 3 is 2.50 bits per heavy atom. The van der Waals surface area contributed by atoms with Gasteiger partial charge in [0.1, 0.15) is 12.4 Å². The van der Waals surface area contributed by atoms with Gasteiger partial charge in [-0.05, 0) is 35.9 Å². The van der Waals surface area contributed by atoms with Gasteiger partial charge in [-0.2, -0.15) is 0 Å². The molecule has 0 aliphatic heterocycles. The number of ether oxygens (including phenoxy) is 1. The van der Waals surface area contributed by atoms with E-state index in [2.05, 4.69) is 5.32 Å². The van der Waals surface area contributed by atoms with Crippen LogP contribution in [0.3, 0.4) is 0 Å². The molecule has 0 saturated heterocycles. The molecule has 0 saturated carbocycles. The standard InChI is InChI=1S/C17H20N2O4S/c1-18-17(20)14-7-5-8-15(11-14)23-12-13-6-4-9-16(10-13)24(21,22)19(2)3/h4-11H,12H2,1-3H3,(H,18,20). The lowest BCUT2D eigenvalue weighted by Gasteiger charge is -2.13. The van der Waals surface area contributed by atoms with Gasteiger partial charge in [0.05, 0.1) is 4.90 Å². The molecule has 0 aliphatic carbocycles. The molecule has 2 rings (SSSR count). The van der Waals surface area contributed by atoms with Gasteiger partial charge in [0, 0.05) is 26.7 Å². The van der Waals surface area contributed by atoms with Crippen molar-refractivity contribution in [3.63, 3.8) is 0 Å². The Morgan fingerprint density at radius 2 is 1.83 bits per heavy atom. The Balaban J connectivity index is 2.15. The average molecular weight is 348 g/mol. The van der Waals surface area contributed by atoms with Crippen molar-refractivity contribution >= 4 is 15.9 Å². The van der Waals surface area contributed by atoms with Crippen LogP contribution in [0.25, 0.3) is 0 Å². The lowest BCUT2D eigenvalue weighted by atomic mass is 10.2. The molecule has 0 bridgehead atoms. The Labute approximate surface area is 142 Å². The number of carbonyl (C=O) groups is 1. The molecule has 2 aromatic rings. The van der Waals surface area contributed by atoms with Crippen LogP contribution in [0.15, 0.2) is 53.4 Å². The Kier molecular flexibility index (Phi) is 5.58. The summed E-state index contributed by atoms with van der Waals surface area (Å²) in [5.41, 5.74) is 1.22. The summed E-state index contributed by atoms with van der Waals surface area (Å²) in [4.78, 5) is 11.8. The highest BCUT2D eigenvalue weighted by molar-refractivity contribution is 7.89. The lowest BCUT2D eigenvalue weighted by molar-refractivity contribution is 0.0962. The Morgan fingerprint density at radius 1 is 1.12 bits per heavy atom. The summed E-state index contributed by atoms with van der Waals surface area (Å²) in [5.74, 6) is 0.344. The summed E-state index contributed by atoms with van der Waals surface area (Å²) in [7, 11) is 1.06. The molecular weight excluding hydrogens is 328 g/mol. The fraction of sp³-hybridized carbons (Fsp3) is 0.235. The summed E-state index contributed by atoms with van der Waals surface area (Å²) in [6.45, 7) is 0.202. The fourth-order valence-corrected chi connectivity index (χ4v) is 3.02. The van der Waals surface area contributed by atoms with Crippen LogP contribution in [0.5, 0.6) is 5.75 Å². The molecule has 1 N–H and O–H groups in total. The molecule has 0 aromatic heterocycles. The van der Waals surface area contributed by atoms with Crippen molar-refractivity contribution in [2.75, 3.05) is 21.1 Å². The van der Waals surface area contributed by atoms with Gasteiger partial charge in [-0.25, -0.2) is 12.7 Å². The molecule has 0 spiro atoms. The van der Waals surface area contributed by atoms with E-state index in [9.17, 15) is 13.2 Å². The van der Waals surface area contributed by atoms with Crippen LogP contribution in [0.1, 0.15) is 15.9 Å². The molecule has 0 aliphatic rings. The predicted octanol–water partition coefficient (Wildman–Crippen LogP) is 1.88. The number of hydrogen-bond donors (Lipinski definition) is 1. The third-order valence-corrected chi connectivity index (χ3v) is 5.22. The first kappa shape index (κ1) is 18.0. The second-order valence-electron chi connectivity index (χ2n) is 5.33. The smallest absolute Gasteiger partial charge is 0.251 e. The number of nitrogens with one attached hydrogen (secondary N) is 1. The molecule has 24 heavy (non-hydrogen) atoms. The van der Waals surface area contributed by atoms with Gasteiger partial charge >= 0.3 is 0 Å². The third kappa shape index (κ3) is 4.12. The summed E-state index contributed by atoms with van der Waals surface area (Å²) in [5, 5.41) is 2.55. The van der Waals surface area contributed by atoms with Crippen LogP contribution in [-0.2, 0) is 16.6 Å². The van der Waals surface area contributed by atoms with Gasteiger partial charge in [-0.3, -0.25) is 4.79 Å². The quantitative estimate of drug-likeness (QED) is 0.865. The van der Waals surface area contributed by atoms with Crippen LogP contribution in [-0.4, -0.2) is 39.8 Å². The van der Waals surface area contributed by atoms with Crippen molar-refractivity contribution in [1.29, 1.82) is 0 Å². The van der Waals surface area contributed by atoms with Crippen LogP contribution in [0.4, 0.5) is 0 Å². The van der Waals surface area contributed by atoms with Crippen LogP contribution in [0, 0.1) is 0 Å². The largest absolute Gasteiger partial charge is 0.489 e. The number of nitrogens with zero attached hydrogens (tertiary/aromatic N) is 1. The van der Waals surface area contributed by atoms with Gasteiger partial charge in [-0.1, -0.05) is 18.2 Å². The van der Waals surface area contributed by atoms with Crippen LogP contribution >= 0.6 is 0 Å². The predicted molar refractivity (Wildman–Crippen MR) is 91.5 cm³/mol. The molecule has 0 radical (unpaired) electrons. The van der Waals surface area contributed by atoms with E-state index in [0.29, 0.717) is 11.3 Å². The highest BCUT2D eigenvalue weighted by Gasteiger charge is 2.17. The van der Waals surface area contributed by atoms with Crippen molar-refractivity contribution in [3.05, 3.63) is 59.7 Å². The van der Waals surface area contributed by atoms with E-state index in [-0.39, 0.29) is 17.4 Å². The zero-order chi connectivity index (χ0) is 17.7. The highest BCUT2D eigenvalue weighted by Crippen LogP contribution is 2.18. The SMILES string of the molecule is CNC(=O)c1cccc(OCc2cccc(S(=O)(=O)N(C)C)c2)c1. The van der Waals surface area contributed by atoms with E-state index in [4.69, 9.17) is 4.74 Å². The van der Waals surface area contributed by atoms with Gasteiger partial charge in [0.25, 0.3) is 5.91 Å². The van der Waals surface area contributed by atoms with Crippen molar-refractivity contribution in [2.45, 2.75) is 11.5 Å². The number of benzene rings is 2. The van der Waals surface area contributed by atoms with Crippen LogP contribution < -0.4 is 10.1 Å². The van der Waals surface area contributed by atoms with E-state index in [0.717, 1.165) is 5.56 Å². The minimum Gasteiger partial charge on any atom is -0.489 e. The number of hydrogen-bond acceptors (Lipinski definition) is 4. The zero-order valence-electron chi connectivity index (χ0n) is 13.8. The van der Waals surface area contributed by atoms with Gasteiger partial charge in [0.2, 0.25) is 10.0 Å². The minimum atomic E-state index is -3.48. The van der Waals surface area contributed by atoms with E-state index in [1.165, 1.54) is 18.4 Å². The van der Waals surface area contributed by atoms with Crippen molar-refractivity contribution in [1.82, 2.24) is 9.62 Å². The highest BCUT2D eigenvalue weighted by atomic mass is 32.2. The van der Waals surface area contributed by atoms with E-state index in [1.54, 1.807) is 55.6 Å². The first-order valence-corrected chi connectivity index (χ1v) is 8.75. The Bertz CT molecular complexity index is 832. The zero-order valence-corrected chi connectivity index (χ0v) is 14.6. The topological polar surface area (TPSA) is 75.7 Å². The molecule has 1 amide bonds. The number of carbonyl (C=O) groups excluding carboxylic acids is 1. The fourth-order valence-electron chi connectivity index (χ4n) is 2.04. The maximum absolute atomic E-state index is 12.2. The maximum atomic E-state index is 12.2. The van der Waals surface area contributed by atoms with Gasteiger partial charge in [-0.15, -0.1) is 0 Å². The van der Waals surface area contributed by atoms with Crippen molar-refractivity contribution in [2.24, 2.45) is 0 Å². The molecule has 128 valence electrons. The molecule has 0 heterocycles. The summed E-state index contributed by atoms with van der Waals surface area (Å²) in [6.07, 6.45) is 0. The van der Waals surface area contributed by atoms with E-state index in [1.807, 2.05) is 0 Å². The second kappa shape index (κ2) is 7.46. The number of rotatable bonds is 6. The summed E-state index contributed by atoms with van der Waals surface area (Å²) in [6, 6.07) is 13.4. The van der Waals surface area contributed by atoms with Gasteiger partial charge < -0.3 is 10.1 Å². The Hall–Kier alpha value is -2.38. The molecular formula is C17H20N2O4S. The average Bonchev–Trinajstić information content (AvgIpc) is 2.59. The molecule has 6 nitrogen and oxygen atoms in total. The molecule has 2 aromatic carbocycles. The summed E-state index contributed by atoms with van der Waals surface area (Å²) >= 11 is 0. The van der Waals surface area contributed by atoms with Crippen molar-refractivity contribution in [3.8, 4) is 5.75 Å². The van der Waals surface area contributed by atoms with Crippen LogP contribution in [0.2, 0.25) is 0 Å². The maximum Gasteiger partial charge on any atom is 0.251 e. The lowest BCUT2D eigenvalue weighted by Crippen LogP contribution is -2.22. The number of sulfonamides is 1. The molecule has 0 atom stereocenters. The number of amides is 1. The second-order valence-corrected chi connectivity index (χ2v) is 7.48. The van der Waals surface area contributed by atoms with Crippen molar-refractivity contribution < 1.29 is 17.9 Å². The minimum absolute atomic E-state index is 0.195. The monoisotopic (exact) mass is 348 g/mol. The van der Waals surface area contributed by atoms with Gasteiger partial charge in [0.15, 0.2) is 0 Å². The third-order valence-electron chi connectivity index (χ3n) is 3.41.